The van der Waals surface area contributed by atoms with Gasteiger partial charge in [0.25, 0.3) is 0 Å². The summed E-state index contributed by atoms with van der Waals surface area (Å²) in [6.07, 6.45) is 2.59. The topological polar surface area (TPSA) is 25.2 Å². The molecule has 94 valence electrons. The molecule has 0 amide bonds. The molecule has 1 N–H and O–H groups in total. The summed E-state index contributed by atoms with van der Waals surface area (Å²) in [5.41, 5.74) is 1.10. The molecule has 2 aromatic rings. The second kappa shape index (κ2) is 5.23. The summed E-state index contributed by atoms with van der Waals surface area (Å²) in [7, 11) is 0. The van der Waals surface area contributed by atoms with Gasteiger partial charge < -0.3 is 9.73 Å². The predicted octanol–water partition coefficient (Wildman–Crippen LogP) is 4.46. The van der Waals surface area contributed by atoms with Crippen molar-refractivity contribution in [2.45, 2.75) is 25.4 Å². The number of furan rings is 1. The quantitative estimate of drug-likeness (QED) is 0.801. The number of nitrogens with one attached hydrogen (secondary N) is 1. The molecule has 0 saturated heterocycles. The van der Waals surface area contributed by atoms with Crippen molar-refractivity contribution >= 4 is 34.2 Å². The highest BCUT2D eigenvalue weighted by Gasteiger charge is 2.20. The zero-order valence-corrected chi connectivity index (χ0v) is 12.7. The van der Waals surface area contributed by atoms with Crippen LogP contribution in [0, 0.1) is 3.57 Å². The van der Waals surface area contributed by atoms with Gasteiger partial charge in [0.15, 0.2) is 0 Å². The van der Waals surface area contributed by atoms with E-state index in [4.69, 9.17) is 16.0 Å². The fourth-order valence-corrected chi connectivity index (χ4v) is 2.98. The molecule has 0 unspecified atom stereocenters. The van der Waals surface area contributed by atoms with Crippen molar-refractivity contribution in [1.82, 2.24) is 5.32 Å². The lowest BCUT2D eigenvalue weighted by Gasteiger charge is -2.02. The van der Waals surface area contributed by atoms with E-state index < -0.39 is 0 Å². The lowest BCUT2D eigenvalue weighted by atomic mass is 10.2. The van der Waals surface area contributed by atoms with Crippen molar-refractivity contribution in [3.63, 3.8) is 0 Å². The molecule has 0 spiro atoms. The molecular formula is C14H13ClINO. The van der Waals surface area contributed by atoms with Gasteiger partial charge in [0.05, 0.1) is 6.54 Å². The smallest absolute Gasteiger partial charge is 0.135 e. The highest BCUT2D eigenvalue weighted by Crippen LogP contribution is 2.29. The van der Waals surface area contributed by atoms with Crippen LogP contribution in [0.1, 0.15) is 18.6 Å². The largest absolute Gasteiger partial charge is 0.460 e. The molecule has 1 heterocycles. The zero-order valence-electron chi connectivity index (χ0n) is 9.75. The summed E-state index contributed by atoms with van der Waals surface area (Å²) in [5, 5.41) is 4.20. The number of benzene rings is 1. The van der Waals surface area contributed by atoms with Gasteiger partial charge in [-0.25, -0.2) is 0 Å². The minimum atomic E-state index is 0.703. The van der Waals surface area contributed by atoms with Crippen molar-refractivity contribution in [2.75, 3.05) is 0 Å². The average molecular weight is 374 g/mol. The maximum atomic E-state index is 5.96. The Balaban J connectivity index is 1.78. The molecule has 1 fully saturated rings. The fourth-order valence-electron chi connectivity index (χ4n) is 1.84. The van der Waals surface area contributed by atoms with Gasteiger partial charge in [-0.15, -0.1) is 0 Å². The Morgan fingerprint density at radius 3 is 2.83 bits per heavy atom. The van der Waals surface area contributed by atoms with E-state index in [1.807, 2.05) is 30.3 Å². The Morgan fingerprint density at radius 1 is 1.28 bits per heavy atom. The van der Waals surface area contributed by atoms with Gasteiger partial charge in [-0.2, -0.15) is 0 Å². The first-order valence-corrected chi connectivity index (χ1v) is 7.45. The molecule has 1 aliphatic carbocycles. The normalized spacial score (nSPS) is 15.0. The van der Waals surface area contributed by atoms with E-state index in [0.29, 0.717) is 6.04 Å². The van der Waals surface area contributed by atoms with Crippen LogP contribution in [0.5, 0.6) is 0 Å². The molecule has 2 nitrogen and oxygen atoms in total. The minimum absolute atomic E-state index is 0.703. The third-order valence-electron chi connectivity index (χ3n) is 3.00. The van der Waals surface area contributed by atoms with E-state index in [2.05, 4.69) is 27.9 Å². The Hall–Kier alpha value is -0.520. The average Bonchev–Trinajstić information content (AvgIpc) is 3.05. The van der Waals surface area contributed by atoms with Crippen LogP contribution < -0.4 is 5.32 Å². The Bertz CT molecular complexity index is 563. The molecule has 1 aromatic carbocycles. The fraction of sp³-hybridized carbons (Fsp3) is 0.286. The molecule has 0 bridgehead atoms. The van der Waals surface area contributed by atoms with Gasteiger partial charge in [0.2, 0.25) is 0 Å². The van der Waals surface area contributed by atoms with Crippen LogP contribution in [0.4, 0.5) is 0 Å². The first kappa shape index (κ1) is 12.5. The van der Waals surface area contributed by atoms with E-state index in [0.717, 1.165) is 32.2 Å². The van der Waals surface area contributed by atoms with Gasteiger partial charge in [0, 0.05) is 20.2 Å². The maximum absolute atomic E-state index is 5.96. The van der Waals surface area contributed by atoms with Gasteiger partial charge in [0.1, 0.15) is 11.5 Å². The monoisotopic (exact) mass is 373 g/mol. The molecule has 4 heteroatoms. The molecule has 0 radical (unpaired) electrons. The van der Waals surface area contributed by atoms with Crippen molar-refractivity contribution in [3.8, 4) is 11.3 Å². The third kappa shape index (κ3) is 2.90. The SMILES string of the molecule is Clc1ccc(-c2ccc(CNC3CC3)o2)c(I)c1. The van der Waals surface area contributed by atoms with Crippen LogP contribution in [-0.2, 0) is 6.54 Å². The summed E-state index contributed by atoms with van der Waals surface area (Å²) in [6, 6.07) is 10.6. The molecule has 18 heavy (non-hydrogen) atoms. The minimum Gasteiger partial charge on any atom is -0.460 e. The van der Waals surface area contributed by atoms with Crippen molar-refractivity contribution < 1.29 is 4.42 Å². The van der Waals surface area contributed by atoms with E-state index in [-0.39, 0.29) is 0 Å². The summed E-state index contributed by atoms with van der Waals surface area (Å²) in [6.45, 7) is 0.814. The van der Waals surface area contributed by atoms with Crippen LogP contribution in [0.3, 0.4) is 0 Å². The molecular weight excluding hydrogens is 361 g/mol. The molecule has 0 aliphatic heterocycles. The Kier molecular flexibility index (Phi) is 3.63. The molecule has 1 saturated carbocycles. The highest BCUT2D eigenvalue weighted by atomic mass is 127. The first-order chi connectivity index (χ1) is 8.72. The molecule has 0 atom stereocenters. The van der Waals surface area contributed by atoms with Crippen molar-refractivity contribution in [1.29, 1.82) is 0 Å². The van der Waals surface area contributed by atoms with E-state index in [9.17, 15) is 0 Å². The van der Waals surface area contributed by atoms with Crippen LogP contribution in [0.25, 0.3) is 11.3 Å². The summed E-state index contributed by atoms with van der Waals surface area (Å²) >= 11 is 8.24. The zero-order chi connectivity index (χ0) is 12.5. The second-order valence-electron chi connectivity index (χ2n) is 4.55. The van der Waals surface area contributed by atoms with Crippen molar-refractivity contribution in [2.24, 2.45) is 0 Å². The molecule has 1 aromatic heterocycles. The highest BCUT2D eigenvalue weighted by molar-refractivity contribution is 14.1. The number of rotatable bonds is 4. The third-order valence-corrected chi connectivity index (χ3v) is 4.13. The number of hydrogen-bond donors (Lipinski definition) is 1. The molecule has 1 aliphatic rings. The molecule has 3 rings (SSSR count). The summed E-state index contributed by atoms with van der Waals surface area (Å²) in [4.78, 5) is 0. The van der Waals surface area contributed by atoms with Gasteiger partial charge in [-0.3, -0.25) is 0 Å². The van der Waals surface area contributed by atoms with Crippen LogP contribution in [0.2, 0.25) is 5.02 Å². The second-order valence-corrected chi connectivity index (χ2v) is 6.14. The van der Waals surface area contributed by atoms with Gasteiger partial charge in [-0.05, 0) is 65.8 Å². The first-order valence-electron chi connectivity index (χ1n) is 6.00. The van der Waals surface area contributed by atoms with E-state index in [1.165, 1.54) is 12.8 Å². The van der Waals surface area contributed by atoms with E-state index >= 15 is 0 Å². The predicted molar refractivity (Wildman–Crippen MR) is 81.7 cm³/mol. The standard InChI is InChI=1S/C14H13ClINO/c15-9-1-5-12(13(16)7-9)14-6-4-11(18-14)8-17-10-2-3-10/h1,4-7,10,17H,2-3,8H2. The van der Waals surface area contributed by atoms with Crippen LogP contribution in [0.15, 0.2) is 34.7 Å². The Morgan fingerprint density at radius 2 is 2.11 bits per heavy atom. The number of hydrogen-bond acceptors (Lipinski definition) is 2. The van der Waals surface area contributed by atoms with Crippen molar-refractivity contribution in [3.05, 3.63) is 44.7 Å². The van der Waals surface area contributed by atoms with E-state index in [1.54, 1.807) is 0 Å². The lowest BCUT2D eigenvalue weighted by Crippen LogP contribution is -2.14. The Labute approximate surface area is 125 Å². The lowest BCUT2D eigenvalue weighted by molar-refractivity contribution is 0.492. The number of halogens is 2. The summed E-state index contributed by atoms with van der Waals surface area (Å²) < 4.78 is 6.97. The van der Waals surface area contributed by atoms with Gasteiger partial charge >= 0.3 is 0 Å². The van der Waals surface area contributed by atoms with Crippen LogP contribution >= 0.6 is 34.2 Å². The van der Waals surface area contributed by atoms with Gasteiger partial charge in [-0.1, -0.05) is 11.6 Å². The van der Waals surface area contributed by atoms with Crippen LogP contribution in [-0.4, -0.2) is 6.04 Å². The maximum Gasteiger partial charge on any atom is 0.135 e. The summed E-state index contributed by atoms with van der Waals surface area (Å²) in [5.74, 6) is 1.89.